The van der Waals surface area contributed by atoms with Crippen molar-refractivity contribution >= 4 is 16.6 Å². The third-order valence-electron chi connectivity index (χ3n) is 4.61. The molecule has 0 amide bonds. The first kappa shape index (κ1) is 14.7. The SMILES string of the molecule is CC1=CC(c2cccc3ccccc23)N(C)C(c2ccccc2)=N1. The Labute approximate surface area is 142 Å². The zero-order valence-electron chi connectivity index (χ0n) is 14.0. The van der Waals surface area contributed by atoms with Crippen molar-refractivity contribution in [3.05, 3.63) is 95.7 Å². The number of hydrogen-bond acceptors (Lipinski definition) is 2. The predicted octanol–water partition coefficient (Wildman–Crippen LogP) is 5.18. The maximum absolute atomic E-state index is 4.79. The molecule has 118 valence electrons. The van der Waals surface area contributed by atoms with E-state index in [-0.39, 0.29) is 6.04 Å². The van der Waals surface area contributed by atoms with Crippen LogP contribution in [0.15, 0.2) is 89.6 Å². The highest BCUT2D eigenvalue weighted by atomic mass is 15.2. The number of benzene rings is 3. The van der Waals surface area contributed by atoms with Crippen LogP contribution < -0.4 is 0 Å². The molecule has 0 aliphatic carbocycles. The first-order valence-electron chi connectivity index (χ1n) is 8.27. The third-order valence-corrected chi connectivity index (χ3v) is 4.61. The van der Waals surface area contributed by atoms with E-state index in [1.54, 1.807) is 0 Å². The van der Waals surface area contributed by atoms with Gasteiger partial charge in [-0.1, -0.05) is 72.8 Å². The van der Waals surface area contributed by atoms with Gasteiger partial charge in [-0.25, -0.2) is 4.99 Å². The Morgan fingerprint density at radius 3 is 2.38 bits per heavy atom. The summed E-state index contributed by atoms with van der Waals surface area (Å²) >= 11 is 0. The van der Waals surface area contributed by atoms with Gasteiger partial charge in [0.25, 0.3) is 0 Å². The van der Waals surface area contributed by atoms with Gasteiger partial charge in [0.2, 0.25) is 0 Å². The smallest absolute Gasteiger partial charge is 0.136 e. The second kappa shape index (κ2) is 5.97. The number of aliphatic imine (C=N–C) groups is 1. The monoisotopic (exact) mass is 312 g/mol. The van der Waals surface area contributed by atoms with Gasteiger partial charge < -0.3 is 4.90 Å². The first-order chi connectivity index (χ1) is 11.7. The van der Waals surface area contributed by atoms with E-state index in [2.05, 4.69) is 91.7 Å². The maximum atomic E-state index is 4.79. The number of nitrogens with zero attached hydrogens (tertiary/aromatic N) is 2. The van der Waals surface area contributed by atoms with Crippen molar-refractivity contribution in [3.63, 3.8) is 0 Å². The van der Waals surface area contributed by atoms with Crippen LogP contribution in [0.25, 0.3) is 10.8 Å². The lowest BCUT2D eigenvalue weighted by Gasteiger charge is -2.33. The summed E-state index contributed by atoms with van der Waals surface area (Å²) in [5.74, 6) is 1.02. The highest BCUT2D eigenvalue weighted by Crippen LogP contribution is 2.33. The average molecular weight is 312 g/mol. The first-order valence-corrected chi connectivity index (χ1v) is 8.27. The van der Waals surface area contributed by atoms with Gasteiger partial charge in [-0.2, -0.15) is 0 Å². The molecule has 0 aromatic heterocycles. The fraction of sp³-hybridized carbons (Fsp3) is 0.136. The number of allylic oxidation sites excluding steroid dienone is 1. The topological polar surface area (TPSA) is 15.6 Å². The fourth-order valence-corrected chi connectivity index (χ4v) is 3.42. The highest BCUT2D eigenvalue weighted by Gasteiger charge is 2.24. The fourth-order valence-electron chi connectivity index (χ4n) is 3.42. The van der Waals surface area contributed by atoms with E-state index >= 15 is 0 Å². The van der Waals surface area contributed by atoms with Gasteiger partial charge in [0.15, 0.2) is 0 Å². The third kappa shape index (κ3) is 2.50. The summed E-state index contributed by atoms with van der Waals surface area (Å²) in [6.45, 7) is 2.08. The van der Waals surface area contributed by atoms with Crippen molar-refractivity contribution < 1.29 is 0 Å². The number of likely N-dealkylation sites (N-methyl/N-ethyl adjacent to an activating group) is 1. The Balaban J connectivity index is 1.83. The highest BCUT2D eigenvalue weighted by molar-refractivity contribution is 6.00. The molecule has 3 aromatic rings. The van der Waals surface area contributed by atoms with Crippen LogP contribution in [0, 0.1) is 0 Å². The lowest BCUT2D eigenvalue weighted by molar-refractivity contribution is 0.432. The number of fused-ring (bicyclic) bond motifs is 1. The molecular formula is C22H20N2. The minimum atomic E-state index is 0.184. The predicted molar refractivity (Wildman–Crippen MR) is 101 cm³/mol. The molecule has 1 heterocycles. The molecule has 3 aromatic carbocycles. The molecular weight excluding hydrogens is 292 g/mol. The number of hydrogen-bond donors (Lipinski definition) is 0. The standard InChI is InChI=1S/C22H20N2/c1-16-15-21(20-14-8-12-17-9-6-7-13-19(17)20)24(2)22(23-16)18-10-4-3-5-11-18/h3-15,21H,1-2H3. The van der Waals surface area contributed by atoms with Crippen LogP contribution in [0.1, 0.15) is 24.1 Å². The molecule has 0 spiro atoms. The van der Waals surface area contributed by atoms with Gasteiger partial charge in [0.1, 0.15) is 5.84 Å². The minimum absolute atomic E-state index is 0.184. The number of amidine groups is 1. The van der Waals surface area contributed by atoms with Crippen LogP contribution in [0.5, 0.6) is 0 Å². The zero-order valence-corrected chi connectivity index (χ0v) is 14.0. The lowest BCUT2D eigenvalue weighted by Crippen LogP contribution is -2.33. The molecule has 0 radical (unpaired) electrons. The van der Waals surface area contributed by atoms with Crippen molar-refractivity contribution in [2.24, 2.45) is 4.99 Å². The van der Waals surface area contributed by atoms with E-state index < -0.39 is 0 Å². The number of rotatable bonds is 2. The molecule has 1 atom stereocenters. The zero-order chi connectivity index (χ0) is 16.5. The molecule has 24 heavy (non-hydrogen) atoms. The average Bonchev–Trinajstić information content (AvgIpc) is 2.63. The quantitative estimate of drug-likeness (QED) is 0.637. The Bertz CT molecular complexity index is 933. The normalized spacial score (nSPS) is 17.6. The minimum Gasteiger partial charge on any atom is -0.349 e. The summed E-state index contributed by atoms with van der Waals surface area (Å²) in [4.78, 5) is 7.06. The van der Waals surface area contributed by atoms with E-state index in [0.717, 1.165) is 17.1 Å². The summed E-state index contributed by atoms with van der Waals surface area (Å²) in [6, 6.07) is 25.7. The summed E-state index contributed by atoms with van der Waals surface area (Å²) in [5.41, 5.74) is 3.53. The summed E-state index contributed by atoms with van der Waals surface area (Å²) < 4.78 is 0. The molecule has 2 nitrogen and oxygen atoms in total. The Kier molecular flexibility index (Phi) is 3.66. The van der Waals surface area contributed by atoms with Gasteiger partial charge in [0, 0.05) is 18.3 Å². The van der Waals surface area contributed by atoms with Crippen molar-refractivity contribution in [2.75, 3.05) is 7.05 Å². The Morgan fingerprint density at radius 1 is 0.833 bits per heavy atom. The second-order valence-corrected chi connectivity index (χ2v) is 6.23. The van der Waals surface area contributed by atoms with Gasteiger partial charge in [-0.3, -0.25) is 0 Å². The summed E-state index contributed by atoms with van der Waals surface area (Å²) in [5, 5.41) is 2.58. The van der Waals surface area contributed by atoms with Crippen molar-refractivity contribution in [1.29, 1.82) is 0 Å². The molecule has 0 bridgehead atoms. The molecule has 0 N–H and O–H groups in total. The van der Waals surface area contributed by atoms with E-state index in [0.29, 0.717) is 0 Å². The van der Waals surface area contributed by atoms with Crippen molar-refractivity contribution in [2.45, 2.75) is 13.0 Å². The Morgan fingerprint density at radius 2 is 1.54 bits per heavy atom. The molecule has 4 rings (SSSR count). The van der Waals surface area contributed by atoms with Crippen LogP contribution in [-0.2, 0) is 0 Å². The van der Waals surface area contributed by atoms with Gasteiger partial charge in [0.05, 0.1) is 6.04 Å². The van der Waals surface area contributed by atoms with Crippen LogP contribution in [0.4, 0.5) is 0 Å². The van der Waals surface area contributed by atoms with E-state index in [9.17, 15) is 0 Å². The van der Waals surface area contributed by atoms with Crippen LogP contribution in [0.2, 0.25) is 0 Å². The molecule has 0 saturated carbocycles. The summed E-state index contributed by atoms with van der Waals surface area (Å²) in [6.07, 6.45) is 2.24. The van der Waals surface area contributed by atoms with Crippen LogP contribution >= 0.6 is 0 Å². The van der Waals surface area contributed by atoms with Crippen molar-refractivity contribution in [1.82, 2.24) is 4.90 Å². The summed E-state index contributed by atoms with van der Waals surface area (Å²) in [7, 11) is 2.13. The molecule has 1 aliphatic heterocycles. The lowest BCUT2D eigenvalue weighted by atomic mass is 9.95. The molecule has 0 fully saturated rings. The maximum Gasteiger partial charge on any atom is 0.136 e. The molecule has 1 aliphatic rings. The molecule has 2 heteroatoms. The van der Waals surface area contributed by atoms with Gasteiger partial charge >= 0.3 is 0 Å². The van der Waals surface area contributed by atoms with E-state index in [1.807, 2.05) is 6.07 Å². The molecule has 1 unspecified atom stereocenters. The second-order valence-electron chi connectivity index (χ2n) is 6.23. The largest absolute Gasteiger partial charge is 0.349 e. The van der Waals surface area contributed by atoms with Gasteiger partial charge in [-0.05, 0) is 29.3 Å². The van der Waals surface area contributed by atoms with Crippen LogP contribution in [-0.4, -0.2) is 17.8 Å². The van der Waals surface area contributed by atoms with E-state index in [4.69, 9.17) is 4.99 Å². The van der Waals surface area contributed by atoms with Crippen molar-refractivity contribution in [3.8, 4) is 0 Å². The van der Waals surface area contributed by atoms with Gasteiger partial charge in [-0.15, -0.1) is 0 Å². The van der Waals surface area contributed by atoms with Crippen LogP contribution in [0.3, 0.4) is 0 Å². The Hall–Kier alpha value is -2.87. The van der Waals surface area contributed by atoms with E-state index in [1.165, 1.54) is 16.3 Å². The molecule has 0 saturated heterocycles.